The van der Waals surface area contributed by atoms with Crippen LogP contribution in [0, 0.1) is 11.8 Å². The predicted octanol–water partition coefficient (Wildman–Crippen LogP) is 4.64. The number of amides is 1. The number of likely N-dealkylation sites (tertiary alicyclic amines) is 1. The van der Waals surface area contributed by atoms with Gasteiger partial charge >= 0.3 is 0 Å². The highest BCUT2D eigenvalue weighted by molar-refractivity contribution is 6.30. The minimum atomic E-state index is -0.192. The summed E-state index contributed by atoms with van der Waals surface area (Å²) < 4.78 is 1.48. The van der Waals surface area contributed by atoms with Crippen LogP contribution in [0.25, 0.3) is 27.5 Å². The van der Waals surface area contributed by atoms with Crippen LogP contribution in [0.4, 0.5) is 0 Å². The first kappa shape index (κ1) is 19.8. The lowest BCUT2D eigenvalue weighted by Crippen LogP contribution is -2.42. The molecule has 0 saturated carbocycles. The van der Waals surface area contributed by atoms with Crippen molar-refractivity contribution < 1.29 is 4.79 Å². The van der Waals surface area contributed by atoms with Gasteiger partial charge in [-0.3, -0.25) is 19.7 Å². The van der Waals surface area contributed by atoms with Crippen molar-refractivity contribution in [3.63, 3.8) is 0 Å². The van der Waals surface area contributed by atoms with Crippen LogP contribution in [0.3, 0.4) is 0 Å². The number of H-pyrrole nitrogens is 1. The molecule has 3 heterocycles. The number of aromatic nitrogens is 3. The van der Waals surface area contributed by atoms with Crippen molar-refractivity contribution in [2.24, 2.45) is 11.8 Å². The summed E-state index contributed by atoms with van der Waals surface area (Å²) in [5, 5.41) is 5.03. The second-order valence-electron chi connectivity index (χ2n) is 8.66. The Morgan fingerprint density at radius 3 is 2.48 bits per heavy atom. The number of fused-ring (bicyclic) bond motifs is 3. The van der Waals surface area contributed by atoms with Gasteiger partial charge in [-0.05, 0) is 60.7 Å². The zero-order valence-corrected chi connectivity index (χ0v) is 18.2. The molecule has 5 rings (SSSR count). The van der Waals surface area contributed by atoms with Crippen LogP contribution in [-0.4, -0.2) is 38.7 Å². The monoisotopic (exact) mass is 434 g/mol. The van der Waals surface area contributed by atoms with E-state index in [0.717, 1.165) is 30.4 Å². The van der Waals surface area contributed by atoms with E-state index in [2.05, 4.69) is 23.9 Å². The molecule has 158 valence electrons. The average Bonchev–Trinajstić information content (AvgIpc) is 3.09. The Morgan fingerprint density at radius 2 is 1.77 bits per heavy atom. The van der Waals surface area contributed by atoms with Crippen LogP contribution in [-0.2, 0) is 0 Å². The first-order chi connectivity index (χ1) is 14.9. The molecule has 1 saturated heterocycles. The summed E-state index contributed by atoms with van der Waals surface area (Å²) in [6.45, 7) is 5.92. The second kappa shape index (κ2) is 7.54. The Labute approximate surface area is 184 Å². The molecule has 1 fully saturated rings. The minimum Gasteiger partial charge on any atom is -0.338 e. The largest absolute Gasteiger partial charge is 0.338 e. The third-order valence-corrected chi connectivity index (χ3v) is 6.26. The first-order valence-corrected chi connectivity index (χ1v) is 10.9. The third-order valence-electron chi connectivity index (χ3n) is 6.01. The number of piperidine rings is 1. The van der Waals surface area contributed by atoms with Crippen LogP contribution in [0.15, 0.2) is 53.5 Å². The number of pyridine rings is 1. The van der Waals surface area contributed by atoms with E-state index in [1.165, 1.54) is 4.68 Å². The van der Waals surface area contributed by atoms with E-state index in [1.54, 1.807) is 30.5 Å². The zero-order valence-electron chi connectivity index (χ0n) is 17.4. The highest BCUT2D eigenvalue weighted by Crippen LogP contribution is 2.26. The Kier molecular flexibility index (Phi) is 4.82. The molecule has 0 radical (unpaired) electrons. The van der Waals surface area contributed by atoms with Gasteiger partial charge in [-0.2, -0.15) is 0 Å². The summed E-state index contributed by atoms with van der Waals surface area (Å²) in [7, 11) is 0. The maximum Gasteiger partial charge on any atom is 0.280 e. The average molecular weight is 435 g/mol. The van der Waals surface area contributed by atoms with Gasteiger partial charge in [0, 0.05) is 35.3 Å². The van der Waals surface area contributed by atoms with E-state index in [1.807, 2.05) is 23.1 Å². The number of aromatic amines is 1. The van der Waals surface area contributed by atoms with Crippen molar-refractivity contribution in [3.05, 3.63) is 69.6 Å². The number of rotatable bonds is 2. The lowest BCUT2D eigenvalue weighted by atomic mass is 9.91. The van der Waals surface area contributed by atoms with Crippen molar-refractivity contribution in [2.75, 3.05) is 13.1 Å². The SMILES string of the molecule is C[C@@H]1C[C@H](C)CN(C(=O)c2ccc3ncc4c(=O)n(-c5ccc(Cl)cc5)[nH]c4c3c2)C1. The fourth-order valence-corrected chi connectivity index (χ4v) is 4.80. The molecule has 1 aliphatic rings. The molecular weight excluding hydrogens is 412 g/mol. The summed E-state index contributed by atoms with van der Waals surface area (Å²) >= 11 is 5.98. The summed E-state index contributed by atoms with van der Waals surface area (Å²) in [4.78, 5) is 32.6. The summed E-state index contributed by atoms with van der Waals surface area (Å²) in [5.74, 6) is 1.01. The van der Waals surface area contributed by atoms with Gasteiger partial charge in [0.2, 0.25) is 0 Å². The minimum absolute atomic E-state index is 0.0248. The van der Waals surface area contributed by atoms with Crippen molar-refractivity contribution in [2.45, 2.75) is 20.3 Å². The Morgan fingerprint density at radius 1 is 1.06 bits per heavy atom. The molecule has 4 aromatic rings. The molecule has 2 atom stereocenters. The van der Waals surface area contributed by atoms with E-state index in [9.17, 15) is 9.59 Å². The zero-order chi connectivity index (χ0) is 21.7. The van der Waals surface area contributed by atoms with Crippen molar-refractivity contribution in [1.29, 1.82) is 0 Å². The molecule has 2 aromatic heterocycles. The lowest BCUT2D eigenvalue weighted by molar-refractivity contribution is 0.0623. The van der Waals surface area contributed by atoms with Gasteiger partial charge in [0.15, 0.2) is 0 Å². The molecule has 1 aliphatic heterocycles. The predicted molar refractivity (Wildman–Crippen MR) is 123 cm³/mol. The van der Waals surface area contributed by atoms with Gasteiger partial charge in [0.05, 0.1) is 22.1 Å². The second-order valence-corrected chi connectivity index (χ2v) is 9.10. The summed E-state index contributed by atoms with van der Waals surface area (Å²) in [6.07, 6.45) is 2.73. The lowest BCUT2D eigenvalue weighted by Gasteiger charge is -2.35. The van der Waals surface area contributed by atoms with Crippen molar-refractivity contribution >= 4 is 39.3 Å². The Bertz CT molecular complexity index is 1350. The third kappa shape index (κ3) is 3.51. The summed E-state index contributed by atoms with van der Waals surface area (Å²) in [5.41, 5.74) is 2.50. The van der Waals surface area contributed by atoms with Crippen LogP contribution in [0.5, 0.6) is 0 Å². The number of halogens is 1. The van der Waals surface area contributed by atoms with Crippen LogP contribution in [0.1, 0.15) is 30.6 Å². The van der Waals surface area contributed by atoms with Gasteiger partial charge in [0.1, 0.15) is 0 Å². The molecule has 6 nitrogen and oxygen atoms in total. The van der Waals surface area contributed by atoms with Gasteiger partial charge in [-0.1, -0.05) is 25.4 Å². The standard InChI is InChI=1S/C24H23ClN4O2/c1-14-9-15(2)13-28(12-14)23(30)16-3-8-21-19(10-16)22-20(11-26-21)24(31)29(27-22)18-6-4-17(25)5-7-18/h3-8,10-11,14-15,27H,9,12-13H2,1-2H3/t14-,15+. The van der Waals surface area contributed by atoms with Gasteiger partial charge in [0.25, 0.3) is 11.5 Å². The maximum atomic E-state index is 13.2. The van der Waals surface area contributed by atoms with E-state index in [0.29, 0.717) is 39.0 Å². The van der Waals surface area contributed by atoms with Gasteiger partial charge < -0.3 is 4.90 Å². The Hall–Kier alpha value is -3.12. The molecule has 0 bridgehead atoms. The van der Waals surface area contributed by atoms with Crippen molar-refractivity contribution in [3.8, 4) is 5.69 Å². The number of nitrogens with zero attached hydrogens (tertiary/aromatic N) is 3. The quantitative estimate of drug-likeness (QED) is 0.499. The van der Waals surface area contributed by atoms with E-state index in [4.69, 9.17) is 11.6 Å². The highest BCUT2D eigenvalue weighted by atomic mass is 35.5. The maximum absolute atomic E-state index is 13.2. The number of hydrogen-bond acceptors (Lipinski definition) is 3. The number of hydrogen-bond donors (Lipinski definition) is 1. The molecule has 31 heavy (non-hydrogen) atoms. The molecule has 1 amide bonds. The molecule has 7 heteroatoms. The number of nitrogens with one attached hydrogen (secondary N) is 1. The number of carbonyl (C=O) groups is 1. The van der Waals surface area contributed by atoms with Gasteiger partial charge in [-0.15, -0.1) is 0 Å². The molecular formula is C24H23ClN4O2. The molecule has 0 unspecified atom stereocenters. The van der Waals surface area contributed by atoms with Crippen LogP contribution in [0.2, 0.25) is 5.02 Å². The molecule has 1 N–H and O–H groups in total. The molecule has 0 spiro atoms. The fraction of sp³-hybridized carbons (Fsp3) is 0.292. The Balaban J connectivity index is 1.61. The van der Waals surface area contributed by atoms with E-state index in [-0.39, 0.29) is 11.5 Å². The highest BCUT2D eigenvalue weighted by Gasteiger charge is 2.26. The number of benzene rings is 2. The van der Waals surface area contributed by atoms with Crippen LogP contribution >= 0.6 is 11.6 Å². The fourth-order valence-electron chi connectivity index (χ4n) is 4.67. The van der Waals surface area contributed by atoms with E-state index < -0.39 is 0 Å². The van der Waals surface area contributed by atoms with Gasteiger partial charge in [-0.25, -0.2) is 4.68 Å². The topological polar surface area (TPSA) is 71.0 Å². The van der Waals surface area contributed by atoms with E-state index >= 15 is 0 Å². The number of carbonyl (C=O) groups excluding carboxylic acids is 1. The summed E-state index contributed by atoms with van der Waals surface area (Å²) in [6, 6.07) is 12.5. The van der Waals surface area contributed by atoms with Crippen molar-refractivity contribution in [1.82, 2.24) is 19.7 Å². The first-order valence-electron chi connectivity index (χ1n) is 10.5. The smallest absolute Gasteiger partial charge is 0.280 e. The molecule has 2 aromatic carbocycles. The van der Waals surface area contributed by atoms with Crippen LogP contribution < -0.4 is 5.56 Å². The molecule has 0 aliphatic carbocycles. The normalized spacial score (nSPS) is 19.3.